The summed E-state index contributed by atoms with van der Waals surface area (Å²) in [5.74, 6) is 1.45. The molecule has 0 radical (unpaired) electrons. The molecule has 0 bridgehead atoms. The summed E-state index contributed by atoms with van der Waals surface area (Å²) in [6.45, 7) is 3.00. The molecule has 78 valence electrons. The van der Waals surface area contributed by atoms with Gasteiger partial charge in [0.25, 0.3) is 0 Å². The van der Waals surface area contributed by atoms with Gasteiger partial charge >= 0.3 is 0 Å². The maximum absolute atomic E-state index is 5.88. The summed E-state index contributed by atoms with van der Waals surface area (Å²) in [6, 6.07) is 2.26. The molecular formula is C11H16BrNS. The molecule has 1 unspecified atom stereocenters. The van der Waals surface area contributed by atoms with E-state index in [-0.39, 0.29) is 0 Å². The highest BCUT2D eigenvalue weighted by atomic mass is 79.9. The Labute approximate surface area is 97.8 Å². The zero-order valence-electron chi connectivity index (χ0n) is 8.42. The van der Waals surface area contributed by atoms with Gasteiger partial charge in [-0.1, -0.05) is 6.42 Å². The second kappa shape index (κ2) is 4.33. The van der Waals surface area contributed by atoms with Crippen LogP contribution in [-0.4, -0.2) is 6.54 Å². The van der Waals surface area contributed by atoms with Gasteiger partial charge in [0.2, 0.25) is 0 Å². The maximum Gasteiger partial charge on any atom is 0.0704 e. The van der Waals surface area contributed by atoms with Crippen molar-refractivity contribution in [2.75, 3.05) is 6.54 Å². The van der Waals surface area contributed by atoms with Gasteiger partial charge in [0.15, 0.2) is 0 Å². The smallest absolute Gasteiger partial charge is 0.0704 e. The normalized spacial score (nSPS) is 19.4. The summed E-state index contributed by atoms with van der Waals surface area (Å²) in [6.07, 6.45) is 4.13. The second-order valence-electron chi connectivity index (χ2n) is 4.10. The molecule has 2 N–H and O–H groups in total. The Morgan fingerprint density at radius 2 is 2.36 bits per heavy atom. The number of halogens is 1. The van der Waals surface area contributed by atoms with E-state index in [4.69, 9.17) is 5.73 Å². The molecule has 0 spiro atoms. The van der Waals surface area contributed by atoms with Gasteiger partial charge in [-0.05, 0) is 59.8 Å². The van der Waals surface area contributed by atoms with Crippen LogP contribution in [0.25, 0.3) is 0 Å². The van der Waals surface area contributed by atoms with Crippen molar-refractivity contribution in [2.24, 2.45) is 11.7 Å². The molecule has 1 atom stereocenters. The van der Waals surface area contributed by atoms with Crippen LogP contribution in [0.15, 0.2) is 9.85 Å². The van der Waals surface area contributed by atoms with Crippen LogP contribution < -0.4 is 5.73 Å². The molecule has 1 aromatic rings. The minimum atomic E-state index is 0.603. The minimum Gasteiger partial charge on any atom is -0.330 e. The highest BCUT2D eigenvalue weighted by Crippen LogP contribution is 2.42. The lowest BCUT2D eigenvalue weighted by atomic mass is 9.73. The Bertz CT molecular complexity index is 317. The van der Waals surface area contributed by atoms with Crippen molar-refractivity contribution in [1.82, 2.24) is 0 Å². The Kier molecular flexibility index (Phi) is 3.30. The zero-order valence-corrected chi connectivity index (χ0v) is 10.8. The molecule has 1 saturated carbocycles. The Morgan fingerprint density at radius 1 is 1.64 bits per heavy atom. The first-order valence-corrected chi connectivity index (χ1v) is 6.79. The van der Waals surface area contributed by atoms with Crippen molar-refractivity contribution >= 4 is 27.3 Å². The first kappa shape index (κ1) is 10.7. The van der Waals surface area contributed by atoms with Crippen LogP contribution in [0.4, 0.5) is 0 Å². The molecular weight excluding hydrogens is 258 g/mol. The lowest BCUT2D eigenvalue weighted by molar-refractivity contribution is 0.264. The summed E-state index contributed by atoms with van der Waals surface area (Å²) in [4.78, 5) is 1.43. The third-order valence-electron chi connectivity index (χ3n) is 3.30. The topological polar surface area (TPSA) is 26.0 Å². The molecule has 3 heteroatoms. The average Bonchev–Trinajstić information content (AvgIpc) is 2.37. The average molecular weight is 274 g/mol. The lowest BCUT2D eigenvalue weighted by Gasteiger charge is -2.33. The second-order valence-corrected chi connectivity index (χ2v) is 6.73. The van der Waals surface area contributed by atoms with Gasteiger partial charge in [0, 0.05) is 10.8 Å². The maximum atomic E-state index is 5.88. The van der Waals surface area contributed by atoms with Gasteiger partial charge in [0.05, 0.1) is 3.79 Å². The predicted molar refractivity (Wildman–Crippen MR) is 65.9 cm³/mol. The van der Waals surface area contributed by atoms with Gasteiger partial charge in [-0.2, -0.15) is 0 Å². The van der Waals surface area contributed by atoms with Crippen LogP contribution in [0, 0.1) is 12.8 Å². The van der Waals surface area contributed by atoms with Crippen LogP contribution in [0.2, 0.25) is 0 Å². The summed E-state index contributed by atoms with van der Waals surface area (Å²) in [7, 11) is 0. The summed E-state index contributed by atoms with van der Waals surface area (Å²) in [5, 5.41) is 0. The van der Waals surface area contributed by atoms with Gasteiger partial charge in [0.1, 0.15) is 0 Å². The van der Waals surface area contributed by atoms with Crippen LogP contribution in [0.5, 0.6) is 0 Å². The van der Waals surface area contributed by atoms with Crippen LogP contribution >= 0.6 is 27.3 Å². The number of nitrogens with two attached hydrogens (primary N) is 1. The number of hydrogen-bond donors (Lipinski definition) is 1. The van der Waals surface area contributed by atoms with Gasteiger partial charge in [-0.15, -0.1) is 11.3 Å². The number of thiophene rings is 1. The molecule has 0 aliphatic heterocycles. The highest BCUT2D eigenvalue weighted by molar-refractivity contribution is 9.11. The highest BCUT2D eigenvalue weighted by Gasteiger charge is 2.29. The fourth-order valence-corrected chi connectivity index (χ4v) is 4.02. The standard InChI is InChI=1S/C11H16BrNS/c1-7-9(5-11(12)14-7)10(6-13)8-3-2-4-8/h5,8,10H,2-4,6,13H2,1H3. The van der Waals surface area contributed by atoms with Crippen molar-refractivity contribution in [3.63, 3.8) is 0 Å². The molecule has 1 heterocycles. The molecule has 1 fully saturated rings. The number of rotatable bonds is 3. The third-order valence-corrected chi connectivity index (χ3v) is 4.87. The van der Waals surface area contributed by atoms with Crippen molar-refractivity contribution < 1.29 is 0 Å². The van der Waals surface area contributed by atoms with Crippen molar-refractivity contribution in [3.8, 4) is 0 Å². The van der Waals surface area contributed by atoms with Crippen molar-refractivity contribution in [3.05, 3.63) is 20.3 Å². The van der Waals surface area contributed by atoms with E-state index in [0.717, 1.165) is 12.5 Å². The molecule has 1 aliphatic carbocycles. The van der Waals surface area contributed by atoms with E-state index in [1.807, 2.05) is 11.3 Å². The predicted octanol–water partition coefficient (Wildman–Crippen LogP) is 3.66. The van der Waals surface area contributed by atoms with Crippen molar-refractivity contribution in [2.45, 2.75) is 32.1 Å². The molecule has 2 rings (SSSR count). The summed E-state index contributed by atoms with van der Waals surface area (Å²) < 4.78 is 1.24. The van der Waals surface area contributed by atoms with Crippen LogP contribution in [0.3, 0.4) is 0 Å². The Morgan fingerprint density at radius 3 is 2.71 bits per heavy atom. The minimum absolute atomic E-state index is 0.603. The number of hydrogen-bond acceptors (Lipinski definition) is 2. The third kappa shape index (κ3) is 1.90. The van der Waals surface area contributed by atoms with Gasteiger partial charge in [-0.25, -0.2) is 0 Å². The molecule has 1 aliphatic rings. The van der Waals surface area contributed by atoms with Crippen LogP contribution in [0.1, 0.15) is 35.6 Å². The fourth-order valence-electron chi connectivity index (χ4n) is 2.24. The quantitative estimate of drug-likeness (QED) is 0.894. The molecule has 1 nitrogen and oxygen atoms in total. The SMILES string of the molecule is Cc1sc(Br)cc1C(CN)C1CCC1. The summed E-state index contributed by atoms with van der Waals surface area (Å²) >= 11 is 5.37. The Balaban J connectivity index is 2.21. The molecule has 0 saturated heterocycles. The van der Waals surface area contributed by atoms with E-state index < -0.39 is 0 Å². The molecule has 1 aromatic heterocycles. The fraction of sp³-hybridized carbons (Fsp3) is 0.636. The van der Waals surface area contributed by atoms with E-state index in [0.29, 0.717) is 5.92 Å². The lowest BCUT2D eigenvalue weighted by Crippen LogP contribution is -2.26. The Hall–Kier alpha value is 0.140. The van der Waals surface area contributed by atoms with Gasteiger partial charge in [-0.3, -0.25) is 0 Å². The van der Waals surface area contributed by atoms with E-state index in [1.54, 1.807) is 0 Å². The van der Waals surface area contributed by atoms with Crippen LogP contribution in [-0.2, 0) is 0 Å². The van der Waals surface area contributed by atoms with Gasteiger partial charge < -0.3 is 5.73 Å². The van der Waals surface area contributed by atoms with Crippen molar-refractivity contribution in [1.29, 1.82) is 0 Å². The number of aryl methyl sites for hydroxylation is 1. The van der Waals surface area contributed by atoms with E-state index in [2.05, 4.69) is 28.9 Å². The van der Waals surface area contributed by atoms with E-state index in [9.17, 15) is 0 Å². The summed E-state index contributed by atoms with van der Waals surface area (Å²) in [5.41, 5.74) is 7.36. The first-order chi connectivity index (χ1) is 6.72. The first-order valence-electron chi connectivity index (χ1n) is 5.18. The monoisotopic (exact) mass is 273 g/mol. The molecule has 0 amide bonds. The molecule has 14 heavy (non-hydrogen) atoms. The van der Waals surface area contributed by atoms with E-state index in [1.165, 1.54) is 33.5 Å². The van der Waals surface area contributed by atoms with E-state index >= 15 is 0 Å². The molecule has 0 aromatic carbocycles. The largest absolute Gasteiger partial charge is 0.330 e. The zero-order chi connectivity index (χ0) is 10.1.